The predicted octanol–water partition coefficient (Wildman–Crippen LogP) is 2.72. The third-order valence-corrected chi connectivity index (χ3v) is 4.20. The van der Waals surface area contributed by atoms with Gasteiger partial charge in [-0.25, -0.2) is 9.97 Å². The number of morpholine rings is 1. The van der Waals surface area contributed by atoms with E-state index in [-0.39, 0.29) is 5.91 Å². The molecule has 0 aliphatic carbocycles. The number of carbonyl (C=O) groups excluding carboxylic acids is 1. The van der Waals surface area contributed by atoms with Crippen molar-refractivity contribution in [1.29, 1.82) is 0 Å². The van der Waals surface area contributed by atoms with Gasteiger partial charge in [-0.1, -0.05) is 30.3 Å². The van der Waals surface area contributed by atoms with Gasteiger partial charge in [-0.2, -0.15) is 0 Å². The number of aromatic nitrogens is 2. The zero-order valence-electron chi connectivity index (χ0n) is 13.7. The number of rotatable bonds is 3. The first kappa shape index (κ1) is 15.5. The lowest BCUT2D eigenvalue weighted by molar-refractivity contribution is 0.102. The SMILES string of the molecule is O=C(Nc1cnc(N2CCOCC2)nc1)c1ccc2ccccc2c1. The van der Waals surface area contributed by atoms with Crippen LogP contribution in [0.15, 0.2) is 54.9 Å². The van der Waals surface area contributed by atoms with Gasteiger partial charge in [0, 0.05) is 18.7 Å². The Labute approximate surface area is 145 Å². The Kier molecular flexibility index (Phi) is 4.26. The van der Waals surface area contributed by atoms with Crippen molar-refractivity contribution >= 4 is 28.3 Å². The van der Waals surface area contributed by atoms with E-state index in [4.69, 9.17) is 4.74 Å². The fourth-order valence-corrected chi connectivity index (χ4v) is 2.85. The molecule has 0 spiro atoms. The molecule has 1 aliphatic heterocycles. The molecule has 0 bridgehead atoms. The largest absolute Gasteiger partial charge is 0.378 e. The first-order chi connectivity index (χ1) is 12.3. The van der Waals surface area contributed by atoms with E-state index in [1.807, 2.05) is 42.5 Å². The molecular formula is C19H18N4O2. The van der Waals surface area contributed by atoms with Crippen LogP contribution in [0.3, 0.4) is 0 Å². The van der Waals surface area contributed by atoms with E-state index in [1.165, 1.54) is 0 Å². The number of nitrogens with zero attached hydrogens (tertiary/aromatic N) is 3. The van der Waals surface area contributed by atoms with Crippen LogP contribution in [0.25, 0.3) is 10.8 Å². The van der Waals surface area contributed by atoms with Gasteiger partial charge in [-0.05, 0) is 22.9 Å². The molecule has 3 aromatic rings. The van der Waals surface area contributed by atoms with Crippen LogP contribution in [0.5, 0.6) is 0 Å². The smallest absolute Gasteiger partial charge is 0.255 e. The molecule has 6 heteroatoms. The molecule has 4 rings (SSSR count). The highest BCUT2D eigenvalue weighted by Gasteiger charge is 2.14. The number of benzene rings is 2. The van der Waals surface area contributed by atoms with Gasteiger partial charge in [0.2, 0.25) is 5.95 Å². The van der Waals surface area contributed by atoms with Gasteiger partial charge >= 0.3 is 0 Å². The minimum Gasteiger partial charge on any atom is -0.378 e. The summed E-state index contributed by atoms with van der Waals surface area (Å²) in [5, 5.41) is 4.99. The lowest BCUT2D eigenvalue weighted by atomic mass is 10.1. The molecule has 0 unspecified atom stereocenters. The second-order valence-corrected chi connectivity index (χ2v) is 5.89. The minimum atomic E-state index is -0.173. The van der Waals surface area contributed by atoms with E-state index >= 15 is 0 Å². The quantitative estimate of drug-likeness (QED) is 0.798. The van der Waals surface area contributed by atoms with Crippen LogP contribution in [-0.4, -0.2) is 42.2 Å². The fraction of sp³-hybridized carbons (Fsp3) is 0.211. The Morgan fingerprint density at radius 3 is 2.48 bits per heavy atom. The highest BCUT2D eigenvalue weighted by molar-refractivity contribution is 6.06. The first-order valence-electron chi connectivity index (χ1n) is 8.24. The molecule has 2 aromatic carbocycles. The number of fused-ring (bicyclic) bond motifs is 1. The van der Waals surface area contributed by atoms with Crippen LogP contribution in [0.4, 0.5) is 11.6 Å². The second-order valence-electron chi connectivity index (χ2n) is 5.89. The van der Waals surface area contributed by atoms with Gasteiger partial charge in [0.25, 0.3) is 5.91 Å². The molecule has 1 N–H and O–H groups in total. The van der Waals surface area contributed by atoms with Gasteiger partial charge in [-0.3, -0.25) is 4.79 Å². The van der Waals surface area contributed by atoms with Crippen LogP contribution in [0.1, 0.15) is 10.4 Å². The molecule has 0 saturated carbocycles. The third kappa shape index (κ3) is 3.44. The van der Waals surface area contributed by atoms with E-state index in [9.17, 15) is 4.79 Å². The van der Waals surface area contributed by atoms with Crippen molar-refractivity contribution in [1.82, 2.24) is 9.97 Å². The molecule has 1 saturated heterocycles. The number of ether oxygens (including phenoxy) is 1. The number of hydrogen-bond acceptors (Lipinski definition) is 5. The monoisotopic (exact) mass is 334 g/mol. The number of anilines is 2. The summed E-state index contributed by atoms with van der Waals surface area (Å²) in [5.74, 6) is 0.487. The van der Waals surface area contributed by atoms with Crippen molar-refractivity contribution in [2.45, 2.75) is 0 Å². The maximum atomic E-state index is 12.5. The third-order valence-electron chi connectivity index (χ3n) is 4.20. The topological polar surface area (TPSA) is 67.4 Å². The Morgan fingerprint density at radius 2 is 1.72 bits per heavy atom. The normalized spacial score (nSPS) is 14.5. The van der Waals surface area contributed by atoms with E-state index in [0.29, 0.717) is 30.4 Å². The summed E-state index contributed by atoms with van der Waals surface area (Å²) in [6, 6.07) is 13.6. The van der Waals surface area contributed by atoms with Gasteiger partial charge in [0.1, 0.15) is 0 Å². The standard InChI is InChI=1S/C19H18N4O2/c24-18(16-6-5-14-3-1-2-4-15(14)11-16)22-17-12-20-19(21-13-17)23-7-9-25-10-8-23/h1-6,11-13H,7-10H2,(H,22,24). The lowest BCUT2D eigenvalue weighted by Crippen LogP contribution is -2.37. The zero-order chi connectivity index (χ0) is 17.1. The van der Waals surface area contributed by atoms with Crippen LogP contribution < -0.4 is 10.2 Å². The average molecular weight is 334 g/mol. The maximum absolute atomic E-state index is 12.5. The van der Waals surface area contributed by atoms with Gasteiger partial charge in [0.05, 0.1) is 31.3 Å². The molecule has 1 amide bonds. The van der Waals surface area contributed by atoms with Crippen molar-refractivity contribution in [3.63, 3.8) is 0 Å². The van der Waals surface area contributed by atoms with Crippen LogP contribution in [-0.2, 0) is 4.74 Å². The summed E-state index contributed by atoms with van der Waals surface area (Å²) in [6.45, 7) is 2.93. The summed E-state index contributed by atoms with van der Waals surface area (Å²) < 4.78 is 5.32. The molecule has 1 fully saturated rings. The highest BCUT2D eigenvalue weighted by atomic mass is 16.5. The lowest BCUT2D eigenvalue weighted by Gasteiger charge is -2.26. The van der Waals surface area contributed by atoms with Crippen molar-refractivity contribution in [3.8, 4) is 0 Å². The Morgan fingerprint density at radius 1 is 1.00 bits per heavy atom. The molecule has 2 heterocycles. The van der Waals surface area contributed by atoms with Crippen molar-refractivity contribution in [2.24, 2.45) is 0 Å². The molecule has 0 atom stereocenters. The maximum Gasteiger partial charge on any atom is 0.255 e. The molecule has 6 nitrogen and oxygen atoms in total. The van der Waals surface area contributed by atoms with Crippen molar-refractivity contribution < 1.29 is 9.53 Å². The van der Waals surface area contributed by atoms with Crippen LogP contribution in [0, 0.1) is 0 Å². The second kappa shape index (κ2) is 6.86. The Bertz CT molecular complexity index is 889. The van der Waals surface area contributed by atoms with Gasteiger partial charge in [0.15, 0.2) is 0 Å². The highest BCUT2D eigenvalue weighted by Crippen LogP contribution is 2.17. The summed E-state index contributed by atoms with van der Waals surface area (Å²) in [7, 11) is 0. The predicted molar refractivity (Wildman–Crippen MR) is 97.0 cm³/mol. The van der Waals surface area contributed by atoms with Gasteiger partial charge < -0.3 is 15.0 Å². The number of amides is 1. The average Bonchev–Trinajstić information content (AvgIpc) is 2.69. The summed E-state index contributed by atoms with van der Waals surface area (Å²) >= 11 is 0. The summed E-state index contributed by atoms with van der Waals surface area (Å²) in [4.78, 5) is 23.2. The summed E-state index contributed by atoms with van der Waals surface area (Å²) in [6.07, 6.45) is 3.27. The summed E-state index contributed by atoms with van der Waals surface area (Å²) in [5.41, 5.74) is 1.19. The number of nitrogens with one attached hydrogen (secondary N) is 1. The minimum absolute atomic E-state index is 0.173. The Balaban J connectivity index is 1.47. The fourth-order valence-electron chi connectivity index (χ4n) is 2.85. The number of carbonyl (C=O) groups is 1. The van der Waals surface area contributed by atoms with E-state index in [2.05, 4.69) is 20.2 Å². The molecule has 0 radical (unpaired) electrons. The van der Waals surface area contributed by atoms with E-state index < -0.39 is 0 Å². The van der Waals surface area contributed by atoms with Crippen LogP contribution in [0.2, 0.25) is 0 Å². The molecule has 126 valence electrons. The molecule has 25 heavy (non-hydrogen) atoms. The Hall–Kier alpha value is -2.99. The van der Waals surface area contributed by atoms with E-state index in [1.54, 1.807) is 12.4 Å². The van der Waals surface area contributed by atoms with Gasteiger partial charge in [-0.15, -0.1) is 0 Å². The van der Waals surface area contributed by atoms with Crippen molar-refractivity contribution in [2.75, 3.05) is 36.5 Å². The molecule has 1 aromatic heterocycles. The molecular weight excluding hydrogens is 316 g/mol. The van der Waals surface area contributed by atoms with Crippen molar-refractivity contribution in [3.05, 3.63) is 60.4 Å². The van der Waals surface area contributed by atoms with Crippen LogP contribution >= 0.6 is 0 Å². The number of hydrogen-bond donors (Lipinski definition) is 1. The first-order valence-corrected chi connectivity index (χ1v) is 8.24. The van der Waals surface area contributed by atoms with E-state index in [0.717, 1.165) is 23.9 Å². The molecule has 1 aliphatic rings. The zero-order valence-corrected chi connectivity index (χ0v) is 13.7.